The summed E-state index contributed by atoms with van der Waals surface area (Å²) in [6.07, 6.45) is 5.83. The molecule has 6 heteroatoms. The molecule has 6 nitrogen and oxygen atoms in total. The topological polar surface area (TPSA) is 80.1 Å². The molecule has 0 bridgehead atoms. The van der Waals surface area contributed by atoms with Crippen LogP contribution < -0.4 is 10.5 Å². The zero-order valence-corrected chi connectivity index (χ0v) is 14.2. The molecule has 0 unspecified atom stereocenters. The van der Waals surface area contributed by atoms with Crippen LogP contribution in [0.1, 0.15) is 25.3 Å². The number of nitrogen functional groups attached to an aromatic ring is 1. The van der Waals surface area contributed by atoms with Crippen LogP contribution in [0.15, 0.2) is 18.5 Å². The summed E-state index contributed by atoms with van der Waals surface area (Å²) in [6, 6.07) is 2.12. The van der Waals surface area contributed by atoms with Gasteiger partial charge in [-0.25, -0.2) is 9.97 Å². The zero-order chi connectivity index (χ0) is 16.7. The molecule has 1 aliphatic heterocycles. The largest absolute Gasteiger partial charge is 0.486 e. The second-order valence-corrected chi connectivity index (χ2v) is 6.55. The number of aromatic nitrogens is 3. The molecule has 0 saturated carbocycles. The first kappa shape index (κ1) is 15.2. The second kappa shape index (κ2) is 5.94. The fraction of sp³-hybridized carbons (Fsp3) is 0.444. The van der Waals surface area contributed by atoms with Gasteiger partial charge in [0.1, 0.15) is 11.8 Å². The highest BCUT2D eigenvalue weighted by Gasteiger charge is 2.23. The van der Waals surface area contributed by atoms with E-state index in [9.17, 15) is 0 Å². The highest BCUT2D eigenvalue weighted by atomic mass is 16.5. The van der Waals surface area contributed by atoms with E-state index in [0.717, 1.165) is 60.0 Å². The maximum atomic E-state index is 6.34. The lowest BCUT2D eigenvalue weighted by molar-refractivity contribution is 0.105. The van der Waals surface area contributed by atoms with E-state index in [1.165, 1.54) is 0 Å². The van der Waals surface area contributed by atoms with Crippen LogP contribution in [0.3, 0.4) is 0 Å². The van der Waals surface area contributed by atoms with E-state index >= 15 is 0 Å². The van der Waals surface area contributed by atoms with Gasteiger partial charge in [-0.05, 0) is 37.9 Å². The Morgan fingerprint density at radius 1 is 1.29 bits per heavy atom. The molecule has 0 radical (unpaired) electrons. The van der Waals surface area contributed by atoms with Crippen LogP contribution >= 0.6 is 0 Å². The summed E-state index contributed by atoms with van der Waals surface area (Å²) in [5, 5.41) is 2.03. The number of pyridine rings is 2. The fourth-order valence-electron chi connectivity index (χ4n) is 3.49. The minimum Gasteiger partial charge on any atom is -0.486 e. The molecule has 3 aromatic heterocycles. The molecular weight excluding hydrogens is 302 g/mol. The number of H-pyrrole nitrogens is 1. The molecular formula is C18H23N5O. The minimum absolute atomic E-state index is 0.185. The Bertz CT molecular complexity index is 880. The van der Waals surface area contributed by atoms with Gasteiger partial charge in [-0.3, -0.25) is 0 Å². The number of nitrogens with two attached hydrogens (primary N) is 1. The molecule has 24 heavy (non-hydrogen) atoms. The van der Waals surface area contributed by atoms with Crippen molar-refractivity contribution in [3.05, 3.63) is 24.0 Å². The summed E-state index contributed by atoms with van der Waals surface area (Å²) in [6.45, 7) is 7.47. The third-order valence-electron chi connectivity index (χ3n) is 4.87. The van der Waals surface area contributed by atoms with Crippen LogP contribution in [-0.4, -0.2) is 45.6 Å². The Balaban J connectivity index is 1.75. The maximum absolute atomic E-state index is 6.34. The Labute approximate surface area is 141 Å². The van der Waals surface area contributed by atoms with E-state index < -0.39 is 0 Å². The summed E-state index contributed by atoms with van der Waals surface area (Å²) in [5.74, 6) is 1.14. The van der Waals surface area contributed by atoms with Crippen LogP contribution in [0.4, 0.5) is 5.82 Å². The Morgan fingerprint density at radius 2 is 2.08 bits per heavy atom. The number of anilines is 1. The Hall–Kier alpha value is -2.34. The molecule has 0 amide bonds. The van der Waals surface area contributed by atoms with Gasteiger partial charge >= 0.3 is 0 Å². The summed E-state index contributed by atoms with van der Waals surface area (Å²) in [4.78, 5) is 14.5. The third kappa shape index (κ3) is 2.57. The van der Waals surface area contributed by atoms with Crippen molar-refractivity contribution in [1.29, 1.82) is 0 Å². The molecule has 4 heterocycles. The van der Waals surface area contributed by atoms with Gasteiger partial charge in [0.2, 0.25) is 0 Å². The van der Waals surface area contributed by atoms with Crippen molar-refractivity contribution in [3.8, 4) is 5.75 Å². The number of ether oxygens (including phenoxy) is 1. The van der Waals surface area contributed by atoms with Crippen LogP contribution in [0.5, 0.6) is 5.75 Å². The SMILES string of the molecule is CCN1CCC(Oc2c(N)ncc3[nH]c4ncc(C)cc4c23)CC1. The average Bonchev–Trinajstić information content (AvgIpc) is 2.96. The molecule has 1 saturated heterocycles. The molecule has 3 N–H and O–H groups in total. The predicted molar refractivity (Wildman–Crippen MR) is 96.3 cm³/mol. The first-order chi connectivity index (χ1) is 11.7. The molecule has 1 fully saturated rings. The van der Waals surface area contributed by atoms with Crippen molar-refractivity contribution in [2.75, 3.05) is 25.4 Å². The number of fused-ring (bicyclic) bond motifs is 3. The van der Waals surface area contributed by atoms with Crippen LogP contribution in [-0.2, 0) is 0 Å². The third-order valence-corrected chi connectivity index (χ3v) is 4.87. The van der Waals surface area contributed by atoms with Gasteiger partial charge in [0.05, 0.1) is 17.1 Å². The lowest BCUT2D eigenvalue weighted by atomic mass is 10.1. The number of likely N-dealkylation sites (tertiary alicyclic amines) is 1. The van der Waals surface area contributed by atoms with E-state index in [0.29, 0.717) is 11.6 Å². The van der Waals surface area contributed by atoms with Crippen molar-refractivity contribution in [1.82, 2.24) is 19.9 Å². The smallest absolute Gasteiger partial charge is 0.171 e. The number of nitrogens with one attached hydrogen (secondary N) is 1. The number of hydrogen-bond acceptors (Lipinski definition) is 5. The van der Waals surface area contributed by atoms with Crippen LogP contribution in [0, 0.1) is 6.92 Å². The second-order valence-electron chi connectivity index (χ2n) is 6.55. The number of rotatable bonds is 3. The molecule has 0 atom stereocenters. The molecule has 0 spiro atoms. The standard InChI is InChI=1S/C18H23N5O/c1-3-23-6-4-12(5-7-23)24-16-15-13-8-11(2)9-21-18(13)22-14(15)10-20-17(16)19/h8-10,12H,3-7H2,1-2H3,(H2,19,20)(H,21,22). The Kier molecular flexibility index (Phi) is 3.76. The van der Waals surface area contributed by atoms with Crippen molar-refractivity contribution in [3.63, 3.8) is 0 Å². The highest BCUT2D eigenvalue weighted by Crippen LogP contribution is 2.37. The Morgan fingerprint density at radius 3 is 2.83 bits per heavy atom. The number of aryl methyl sites for hydroxylation is 1. The van der Waals surface area contributed by atoms with Crippen LogP contribution in [0.25, 0.3) is 21.9 Å². The quantitative estimate of drug-likeness (QED) is 0.774. The van der Waals surface area contributed by atoms with Crippen molar-refractivity contribution >= 4 is 27.8 Å². The zero-order valence-electron chi connectivity index (χ0n) is 14.2. The predicted octanol–water partition coefficient (Wildman–Crippen LogP) is 2.86. The van der Waals surface area contributed by atoms with Gasteiger partial charge < -0.3 is 20.4 Å². The van der Waals surface area contributed by atoms with E-state index in [4.69, 9.17) is 10.5 Å². The first-order valence-electron chi connectivity index (χ1n) is 8.57. The molecule has 4 rings (SSSR count). The monoisotopic (exact) mass is 325 g/mol. The van der Waals surface area contributed by atoms with Gasteiger partial charge in [0.25, 0.3) is 0 Å². The van der Waals surface area contributed by atoms with Crippen molar-refractivity contribution in [2.45, 2.75) is 32.8 Å². The molecule has 126 valence electrons. The summed E-state index contributed by atoms with van der Waals surface area (Å²) < 4.78 is 6.34. The normalized spacial score (nSPS) is 16.9. The molecule has 3 aromatic rings. The lowest BCUT2D eigenvalue weighted by Crippen LogP contribution is -2.38. The van der Waals surface area contributed by atoms with E-state index in [1.807, 2.05) is 13.1 Å². The van der Waals surface area contributed by atoms with Gasteiger partial charge in [0, 0.05) is 24.7 Å². The van der Waals surface area contributed by atoms with Gasteiger partial charge in [-0.2, -0.15) is 0 Å². The van der Waals surface area contributed by atoms with Gasteiger partial charge in [-0.1, -0.05) is 6.92 Å². The number of aromatic amines is 1. The lowest BCUT2D eigenvalue weighted by Gasteiger charge is -2.31. The van der Waals surface area contributed by atoms with Crippen molar-refractivity contribution < 1.29 is 4.74 Å². The van der Waals surface area contributed by atoms with Crippen molar-refractivity contribution in [2.24, 2.45) is 0 Å². The van der Waals surface area contributed by atoms with E-state index in [2.05, 4.69) is 32.8 Å². The summed E-state index contributed by atoms with van der Waals surface area (Å²) in [5.41, 5.74) is 9.03. The minimum atomic E-state index is 0.185. The highest BCUT2D eigenvalue weighted by molar-refractivity contribution is 6.10. The van der Waals surface area contributed by atoms with E-state index in [-0.39, 0.29) is 6.10 Å². The summed E-state index contributed by atoms with van der Waals surface area (Å²) in [7, 11) is 0. The summed E-state index contributed by atoms with van der Waals surface area (Å²) >= 11 is 0. The molecule has 0 aliphatic carbocycles. The van der Waals surface area contributed by atoms with Gasteiger partial charge in [-0.15, -0.1) is 0 Å². The maximum Gasteiger partial charge on any atom is 0.171 e. The molecule has 0 aromatic carbocycles. The molecule has 1 aliphatic rings. The number of hydrogen-bond donors (Lipinski definition) is 2. The van der Waals surface area contributed by atoms with Gasteiger partial charge in [0.15, 0.2) is 11.6 Å². The number of piperidine rings is 1. The van der Waals surface area contributed by atoms with E-state index in [1.54, 1.807) is 6.20 Å². The fourth-order valence-corrected chi connectivity index (χ4v) is 3.49. The number of nitrogens with zero attached hydrogens (tertiary/aromatic N) is 3. The first-order valence-corrected chi connectivity index (χ1v) is 8.57. The van der Waals surface area contributed by atoms with Crippen LogP contribution in [0.2, 0.25) is 0 Å². The average molecular weight is 325 g/mol.